The van der Waals surface area contributed by atoms with Gasteiger partial charge in [-0.1, -0.05) is 5.16 Å². The molecule has 0 bridgehead atoms. The zero-order valence-electron chi connectivity index (χ0n) is 15.4. The standard InChI is InChI=1S/C19H23N5O4/c25-17(26)10-24(9-12-1-2-12)16-7-15(8-16)22-19(27)21-14-5-3-13(4-6-14)18-20-11-28-23-18/h3-6,11-12,15-16H,1-2,7-10H2,(H,25,26)(H2,21,22,27). The van der Waals surface area contributed by atoms with Gasteiger partial charge in [0.1, 0.15) is 0 Å². The van der Waals surface area contributed by atoms with Gasteiger partial charge in [0.05, 0.1) is 6.54 Å². The number of hydrogen-bond acceptors (Lipinski definition) is 6. The Hall–Kier alpha value is -2.94. The molecule has 0 radical (unpaired) electrons. The first-order valence-corrected chi connectivity index (χ1v) is 9.47. The van der Waals surface area contributed by atoms with E-state index in [1.54, 1.807) is 12.1 Å². The van der Waals surface area contributed by atoms with Crippen molar-refractivity contribution in [3.05, 3.63) is 30.7 Å². The number of hydrogen-bond donors (Lipinski definition) is 3. The second-order valence-electron chi connectivity index (χ2n) is 7.52. The molecule has 2 aliphatic carbocycles. The third kappa shape index (κ3) is 4.66. The maximum Gasteiger partial charge on any atom is 0.319 e. The van der Waals surface area contributed by atoms with Crippen LogP contribution in [0.2, 0.25) is 0 Å². The summed E-state index contributed by atoms with van der Waals surface area (Å²) in [6, 6.07) is 7.21. The Bertz CT molecular complexity index is 813. The van der Waals surface area contributed by atoms with Crippen molar-refractivity contribution in [1.29, 1.82) is 0 Å². The van der Waals surface area contributed by atoms with Crippen molar-refractivity contribution in [2.75, 3.05) is 18.4 Å². The molecule has 2 aromatic rings. The minimum absolute atomic E-state index is 0.0686. The van der Waals surface area contributed by atoms with Crippen LogP contribution in [0, 0.1) is 5.92 Å². The number of carbonyl (C=O) groups is 2. The van der Waals surface area contributed by atoms with E-state index in [2.05, 4.69) is 20.8 Å². The average molecular weight is 385 g/mol. The van der Waals surface area contributed by atoms with Gasteiger partial charge in [-0.05, 0) is 55.9 Å². The maximum absolute atomic E-state index is 12.2. The average Bonchev–Trinajstić information content (AvgIpc) is 3.27. The van der Waals surface area contributed by atoms with Crippen LogP contribution in [0.3, 0.4) is 0 Å². The van der Waals surface area contributed by atoms with Crippen LogP contribution < -0.4 is 10.6 Å². The number of carboxylic acid groups (broad SMARTS) is 1. The number of carboxylic acids is 1. The van der Waals surface area contributed by atoms with Gasteiger partial charge in [0, 0.05) is 29.9 Å². The van der Waals surface area contributed by atoms with Gasteiger partial charge in [-0.3, -0.25) is 9.69 Å². The molecule has 0 atom stereocenters. The summed E-state index contributed by atoms with van der Waals surface area (Å²) in [7, 11) is 0. The van der Waals surface area contributed by atoms with Gasteiger partial charge in [0.25, 0.3) is 0 Å². The molecule has 0 aliphatic heterocycles. The van der Waals surface area contributed by atoms with Crippen LogP contribution in [0.1, 0.15) is 25.7 Å². The molecule has 1 aromatic heterocycles. The van der Waals surface area contributed by atoms with E-state index in [0.717, 1.165) is 24.9 Å². The largest absolute Gasteiger partial charge is 0.480 e. The molecule has 0 saturated heterocycles. The van der Waals surface area contributed by atoms with Gasteiger partial charge in [-0.2, -0.15) is 4.98 Å². The summed E-state index contributed by atoms with van der Waals surface area (Å²) < 4.78 is 4.72. The molecule has 4 rings (SSSR count). The molecular weight excluding hydrogens is 362 g/mol. The van der Waals surface area contributed by atoms with E-state index >= 15 is 0 Å². The van der Waals surface area contributed by atoms with Gasteiger partial charge in [0.15, 0.2) is 0 Å². The van der Waals surface area contributed by atoms with Crippen molar-refractivity contribution in [3.63, 3.8) is 0 Å². The second kappa shape index (κ2) is 7.97. The van der Waals surface area contributed by atoms with Crippen LogP contribution in [0.5, 0.6) is 0 Å². The molecule has 9 heteroatoms. The number of carbonyl (C=O) groups excluding carboxylic acids is 1. The topological polar surface area (TPSA) is 121 Å². The molecule has 0 unspecified atom stereocenters. The molecule has 9 nitrogen and oxygen atoms in total. The minimum Gasteiger partial charge on any atom is -0.480 e. The number of nitrogens with zero attached hydrogens (tertiary/aromatic N) is 3. The zero-order valence-corrected chi connectivity index (χ0v) is 15.4. The van der Waals surface area contributed by atoms with E-state index in [0.29, 0.717) is 17.4 Å². The predicted molar refractivity (Wildman–Crippen MR) is 101 cm³/mol. The lowest BCUT2D eigenvalue weighted by molar-refractivity contribution is -0.139. The fourth-order valence-electron chi connectivity index (χ4n) is 3.51. The van der Waals surface area contributed by atoms with Gasteiger partial charge in [-0.25, -0.2) is 4.79 Å². The van der Waals surface area contributed by atoms with Crippen molar-refractivity contribution in [2.45, 2.75) is 37.8 Å². The van der Waals surface area contributed by atoms with Crippen molar-refractivity contribution >= 4 is 17.7 Å². The van der Waals surface area contributed by atoms with E-state index in [1.807, 2.05) is 17.0 Å². The minimum atomic E-state index is -0.793. The summed E-state index contributed by atoms with van der Waals surface area (Å²) in [6.45, 7) is 0.926. The quantitative estimate of drug-likeness (QED) is 0.637. The molecule has 2 fully saturated rings. The first-order chi connectivity index (χ1) is 13.6. The Balaban J connectivity index is 1.23. The molecule has 2 amide bonds. The van der Waals surface area contributed by atoms with Crippen molar-refractivity contribution < 1.29 is 19.2 Å². The van der Waals surface area contributed by atoms with Crippen LogP contribution >= 0.6 is 0 Å². The van der Waals surface area contributed by atoms with E-state index in [9.17, 15) is 9.59 Å². The van der Waals surface area contributed by atoms with Crippen LogP contribution in [-0.4, -0.2) is 57.3 Å². The lowest BCUT2D eigenvalue weighted by Crippen LogP contribution is -2.55. The molecule has 28 heavy (non-hydrogen) atoms. The molecular formula is C19H23N5O4. The SMILES string of the molecule is O=C(O)CN(CC1CC1)C1CC(NC(=O)Nc2ccc(-c3ncon3)cc2)C1. The van der Waals surface area contributed by atoms with Crippen molar-refractivity contribution in [2.24, 2.45) is 5.92 Å². The van der Waals surface area contributed by atoms with E-state index in [4.69, 9.17) is 9.63 Å². The number of aromatic nitrogens is 2. The summed E-state index contributed by atoms with van der Waals surface area (Å²) in [4.78, 5) is 29.3. The molecule has 3 N–H and O–H groups in total. The Morgan fingerprint density at radius 3 is 2.57 bits per heavy atom. The monoisotopic (exact) mass is 385 g/mol. The van der Waals surface area contributed by atoms with Crippen LogP contribution in [0.4, 0.5) is 10.5 Å². The van der Waals surface area contributed by atoms with E-state index in [-0.39, 0.29) is 24.7 Å². The van der Waals surface area contributed by atoms with Crippen LogP contribution in [0.15, 0.2) is 35.2 Å². The predicted octanol–water partition coefficient (Wildman–Crippen LogP) is 2.19. The summed E-state index contributed by atoms with van der Waals surface area (Å²) in [5.41, 5.74) is 1.47. The van der Waals surface area contributed by atoms with Gasteiger partial charge < -0.3 is 20.3 Å². The summed E-state index contributed by atoms with van der Waals surface area (Å²) in [5.74, 6) is 0.345. The summed E-state index contributed by atoms with van der Waals surface area (Å²) >= 11 is 0. The number of aliphatic carboxylic acids is 1. The smallest absolute Gasteiger partial charge is 0.319 e. The zero-order chi connectivity index (χ0) is 19.5. The molecule has 0 spiro atoms. The molecule has 2 saturated carbocycles. The Morgan fingerprint density at radius 2 is 1.96 bits per heavy atom. The molecule has 1 heterocycles. The van der Waals surface area contributed by atoms with Crippen LogP contribution in [0.25, 0.3) is 11.4 Å². The first-order valence-electron chi connectivity index (χ1n) is 9.47. The number of urea groups is 1. The fourth-order valence-corrected chi connectivity index (χ4v) is 3.51. The Kier molecular flexibility index (Phi) is 5.25. The Morgan fingerprint density at radius 1 is 1.21 bits per heavy atom. The van der Waals surface area contributed by atoms with E-state index < -0.39 is 5.97 Å². The highest BCUT2D eigenvalue weighted by Crippen LogP contribution is 2.33. The lowest BCUT2D eigenvalue weighted by Gasteiger charge is -2.42. The van der Waals surface area contributed by atoms with Crippen molar-refractivity contribution in [3.8, 4) is 11.4 Å². The number of amides is 2. The number of nitrogens with one attached hydrogen (secondary N) is 2. The third-order valence-electron chi connectivity index (χ3n) is 5.26. The number of anilines is 1. The normalized spacial score (nSPS) is 21.2. The highest BCUT2D eigenvalue weighted by atomic mass is 16.5. The van der Waals surface area contributed by atoms with Gasteiger partial charge in [0.2, 0.25) is 12.2 Å². The van der Waals surface area contributed by atoms with Crippen molar-refractivity contribution in [1.82, 2.24) is 20.4 Å². The third-order valence-corrected chi connectivity index (χ3v) is 5.26. The number of benzene rings is 1. The first kappa shape index (κ1) is 18.4. The molecule has 148 valence electrons. The summed E-state index contributed by atoms with van der Waals surface area (Å²) in [6.07, 6.45) is 5.22. The summed E-state index contributed by atoms with van der Waals surface area (Å²) in [5, 5.41) is 18.6. The Labute approximate surface area is 162 Å². The van der Waals surface area contributed by atoms with E-state index in [1.165, 1.54) is 19.2 Å². The van der Waals surface area contributed by atoms with Crippen LogP contribution in [-0.2, 0) is 4.79 Å². The second-order valence-corrected chi connectivity index (χ2v) is 7.52. The highest BCUT2D eigenvalue weighted by molar-refractivity contribution is 5.89. The molecule has 1 aromatic carbocycles. The maximum atomic E-state index is 12.2. The lowest BCUT2D eigenvalue weighted by atomic mass is 9.85. The molecule has 2 aliphatic rings. The van der Waals surface area contributed by atoms with Gasteiger partial charge in [-0.15, -0.1) is 0 Å². The number of rotatable bonds is 8. The fraction of sp³-hybridized carbons (Fsp3) is 0.474. The van der Waals surface area contributed by atoms with Gasteiger partial charge >= 0.3 is 12.0 Å². The highest BCUT2D eigenvalue weighted by Gasteiger charge is 2.37.